The average Bonchev–Trinajstić information content (AvgIpc) is 4.26. The van der Waals surface area contributed by atoms with E-state index in [0.717, 1.165) is 78.8 Å². The highest BCUT2D eigenvalue weighted by Crippen LogP contribution is 2.41. The van der Waals surface area contributed by atoms with Crippen LogP contribution in [-0.4, -0.2) is 66.5 Å². The number of carbonyl (C=O) groups excluding carboxylic acids is 4. The Morgan fingerprint density at radius 3 is 1.24 bits per heavy atom. The number of aromatic nitrogens is 4. The molecule has 2 aliphatic rings. The van der Waals surface area contributed by atoms with E-state index in [2.05, 4.69) is 69.1 Å². The second-order valence-electron chi connectivity index (χ2n) is 16.8. The number of likely N-dealkylation sites (tertiary alicyclic amines) is 2. The van der Waals surface area contributed by atoms with Crippen LogP contribution in [0, 0.1) is 0 Å². The molecule has 0 unspecified atom stereocenters. The monoisotopic (exact) mass is 934 g/mol. The summed E-state index contributed by atoms with van der Waals surface area (Å²) in [5, 5.41) is 7.73. The van der Waals surface area contributed by atoms with Crippen molar-refractivity contribution in [2.24, 2.45) is 0 Å². The Bertz CT molecular complexity index is 2820. The number of amides is 4. The van der Waals surface area contributed by atoms with E-state index >= 15 is 0 Å². The van der Waals surface area contributed by atoms with Gasteiger partial charge in [-0.3, -0.25) is 29.1 Å². The summed E-state index contributed by atoms with van der Waals surface area (Å²) in [7, 11) is 0. The van der Waals surface area contributed by atoms with Crippen LogP contribution in [0.3, 0.4) is 0 Å². The van der Waals surface area contributed by atoms with Crippen molar-refractivity contribution in [1.29, 1.82) is 0 Å². The molecule has 4 atom stereocenters. The van der Waals surface area contributed by atoms with E-state index < -0.39 is 12.1 Å². The van der Waals surface area contributed by atoms with E-state index in [1.54, 1.807) is 71.7 Å². The Hall–Kier alpha value is -7.68. The first-order valence-corrected chi connectivity index (χ1v) is 24.3. The van der Waals surface area contributed by atoms with Crippen LogP contribution >= 0.6 is 22.7 Å². The van der Waals surface area contributed by atoms with Gasteiger partial charge < -0.3 is 20.4 Å². The Kier molecular flexibility index (Phi) is 13.0. The summed E-state index contributed by atoms with van der Waals surface area (Å²) in [4.78, 5) is 78.6. The molecule has 2 fully saturated rings. The summed E-state index contributed by atoms with van der Waals surface area (Å²) >= 11 is 3.19. The molecule has 338 valence electrons. The number of hydrogen-bond donors (Lipinski definition) is 2. The van der Waals surface area contributed by atoms with Gasteiger partial charge in [0.25, 0.3) is 11.8 Å². The molecule has 2 aliphatic heterocycles. The van der Waals surface area contributed by atoms with E-state index in [0.29, 0.717) is 24.2 Å². The zero-order valence-corrected chi connectivity index (χ0v) is 38.5. The van der Waals surface area contributed by atoms with E-state index in [1.165, 1.54) is 0 Å². The lowest BCUT2D eigenvalue weighted by Gasteiger charge is -2.28. The molecule has 0 saturated carbocycles. The number of pyridine rings is 2. The van der Waals surface area contributed by atoms with E-state index in [4.69, 9.17) is 9.97 Å². The van der Waals surface area contributed by atoms with Gasteiger partial charge in [0.15, 0.2) is 0 Å². The lowest BCUT2D eigenvalue weighted by Crippen LogP contribution is -2.42. The van der Waals surface area contributed by atoms with Gasteiger partial charge in [0.1, 0.15) is 22.1 Å². The Morgan fingerprint density at radius 2 is 0.853 bits per heavy atom. The van der Waals surface area contributed by atoms with Crippen LogP contribution in [0.5, 0.6) is 0 Å². The smallest absolute Gasteiger partial charge is 0.252 e. The summed E-state index contributed by atoms with van der Waals surface area (Å²) in [6, 6.07) is 40.1. The first-order valence-electron chi connectivity index (χ1n) is 22.6. The maximum absolute atomic E-state index is 14.3. The van der Waals surface area contributed by atoms with Gasteiger partial charge in [-0.05, 0) is 83.3 Å². The Labute approximate surface area is 401 Å². The Morgan fingerprint density at radius 1 is 0.485 bits per heavy atom. The molecule has 0 spiro atoms. The van der Waals surface area contributed by atoms with Crippen LogP contribution in [-0.2, 0) is 9.59 Å². The summed E-state index contributed by atoms with van der Waals surface area (Å²) < 4.78 is 0. The third-order valence-electron chi connectivity index (χ3n) is 12.6. The van der Waals surface area contributed by atoms with Gasteiger partial charge in [0, 0.05) is 61.4 Å². The minimum atomic E-state index is -0.848. The molecule has 2 saturated heterocycles. The minimum Gasteiger partial charge on any atom is -0.336 e. The van der Waals surface area contributed by atoms with Gasteiger partial charge in [-0.2, -0.15) is 0 Å². The summed E-state index contributed by atoms with van der Waals surface area (Å²) in [6.07, 6.45) is 13.3. The first-order chi connectivity index (χ1) is 33.4. The third kappa shape index (κ3) is 9.46. The second-order valence-corrected chi connectivity index (χ2v) is 18.9. The van der Waals surface area contributed by atoms with Gasteiger partial charge >= 0.3 is 0 Å². The standard InChI is InChI=1S/C54H46N8O4S2/c63-49(41-23-27-55-28-24-41)59-47(39-9-3-1-4-10-39)53(65)61-31-7-13-43(61)51-57-33-45(67-51)37-19-15-35(16-20-37)36-17-21-38(22-18-36)46-34-58-52(68-46)44-14-8-32-62(44)54(66)48(40-11-5-2-6-12-40)60-50(64)42-25-29-56-30-26-42/h1-6,9-12,15-30,33-34,43-44,47-48H,7-8,13-14,31-32H2,(H,59,63)(H,60,64)/t43-,44-,47-,48+/m0/s1. The number of nitrogens with one attached hydrogen (secondary N) is 2. The van der Waals surface area contributed by atoms with E-state index in [1.807, 2.05) is 82.9 Å². The maximum Gasteiger partial charge on any atom is 0.252 e. The zero-order chi connectivity index (χ0) is 46.4. The van der Waals surface area contributed by atoms with Crippen molar-refractivity contribution < 1.29 is 19.2 Å². The van der Waals surface area contributed by atoms with Crippen molar-refractivity contribution >= 4 is 46.3 Å². The molecule has 4 aromatic heterocycles. The third-order valence-corrected chi connectivity index (χ3v) is 14.9. The molecule has 2 N–H and O–H groups in total. The van der Waals surface area contributed by atoms with Gasteiger partial charge in [0.2, 0.25) is 11.8 Å². The van der Waals surface area contributed by atoms with Crippen molar-refractivity contribution in [2.45, 2.75) is 49.9 Å². The van der Waals surface area contributed by atoms with Crippen LogP contribution in [0.15, 0.2) is 171 Å². The molecule has 6 heterocycles. The molecule has 14 heteroatoms. The highest BCUT2D eigenvalue weighted by atomic mass is 32.1. The number of benzene rings is 4. The predicted octanol–water partition coefficient (Wildman–Crippen LogP) is 10.1. The van der Waals surface area contributed by atoms with Gasteiger partial charge in [-0.1, -0.05) is 109 Å². The van der Waals surface area contributed by atoms with Crippen LogP contribution in [0.1, 0.15) is 91.7 Å². The quantitative estimate of drug-likeness (QED) is 0.116. The fourth-order valence-corrected chi connectivity index (χ4v) is 11.2. The van der Waals surface area contributed by atoms with Crippen LogP contribution in [0.25, 0.3) is 32.0 Å². The number of hydrogen-bond acceptors (Lipinski definition) is 10. The molecular formula is C54H46N8O4S2. The molecule has 12 nitrogen and oxygen atoms in total. The molecule has 8 aromatic rings. The molecule has 0 bridgehead atoms. The fourth-order valence-electron chi connectivity index (χ4n) is 9.01. The van der Waals surface area contributed by atoms with Gasteiger partial charge in [-0.15, -0.1) is 22.7 Å². The maximum atomic E-state index is 14.3. The normalized spacial score (nSPS) is 16.5. The molecule has 0 radical (unpaired) electrons. The van der Waals surface area contributed by atoms with Gasteiger partial charge in [0.05, 0.1) is 21.8 Å². The number of rotatable bonds is 13. The molecular weight excluding hydrogens is 889 g/mol. The summed E-state index contributed by atoms with van der Waals surface area (Å²) in [5.41, 5.74) is 6.56. The summed E-state index contributed by atoms with van der Waals surface area (Å²) in [6.45, 7) is 1.16. The van der Waals surface area contributed by atoms with E-state index in [9.17, 15) is 19.2 Å². The highest BCUT2D eigenvalue weighted by molar-refractivity contribution is 7.15. The second kappa shape index (κ2) is 20.0. The molecule has 4 amide bonds. The predicted molar refractivity (Wildman–Crippen MR) is 263 cm³/mol. The lowest BCUT2D eigenvalue weighted by atomic mass is 10.0. The lowest BCUT2D eigenvalue weighted by molar-refractivity contribution is -0.135. The van der Waals surface area contributed by atoms with Gasteiger partial charge in [-0.25, -0.2) is 9.97 Å². The van der Waals surface area contributed by atoms with Crippen LogP contribution < -0.4 is 10.6 Å². The van der Waals surface area contributed by atoms with Crippen molar-refractivity contribution in [3.05, 3.63) is 203 Å². The minimum absolute atomic E-state index is 0.158. The molecule has 0 aliphatic carbocycles. The SMILES string of the molecule is O=C(N[C@H](C(=O)N1CCC[C@H]1c1ncc(-c2ccc(-c3ccc(-c4cnc([C@@H]5CCCN5C(=O)[C@H](NC(=O)c5ccncc5)c5ccccc5)s4)cc3)cc2)s1)c1ccccc1)c1ccncc1. The zero-order valence-electron chi connectivity index (χ0n) is 36.9. The fraction of sp³-hybridized carbons (Fsp3) is 0.185. The van der Waals surface area contributed by atoms with Crippen molar-refractivity contribution in [3.63, 3.8) is 0 Å². The topological polar surface area (TPSA) is 150 Å². The number of carbonyl (C=O) groups is 4. The summed E-state index contributed by atoms with van der Waals surface area (Å²) in [5.74, 6) is -0.985. The molecule has 10 rings (SSSR count). The molecule has 4 aromatic carbocycles. The largest absolute Gasteiger partial charge is 0.336 e. The van der Waals surface area contributed by atoms with Crippen LogP contribution in [0.4, 0.5) is 0 Å². The number of nitrogens with zero attached hydrogens (tertiary/aromatic N) is 6. The van der Waals surface area contributed by atoms with Crippen molar-refractivity contribution in [2.75, 3.05) is 13.1 Å². The first kappa shape index (κ1) is 44.2. The molecule has 68 heavy (non-hydrogen) atoms. The van der Waals surface area contributed by atoms with Crippen molar-refractivity contribution in [3.8, 4) is 32.0 Å². The number of thiazole rings is 2. The van der Waals surface area contributed by atoms with E-state index in [-0.39, 0.29) is 35.7 Å². The Balaban J connectivity index is 0.800. The van der Waals surface area contributed by atoms with Crippen molar-refractivity contribution in [1.82, 2.24) is 40.4 Å². The average molecular weight is 935 g/mol. The highest BCUT2D eigenvalue weighted by Gasteiger charge is 2.38. The van der Waals surface area contributed by atoms with Crippen LogP contribution in [0.2, 0.25) is 0 Å².